The van der Waals surface area contributed by atoms with Crippen molar-refractivity contribution in [2.75, 3.05) is 29.5 Å². The predicted molar refractivity (Wildman–Crippen MR) is 182 cm³/mol. The number of oxime groups is 1. The zero-order valence-electron chi connectivity index (χ0n) is 27.1. The van der Waals surface area contributed by atoms with E-state index in [1.165, 1.54) is 21.9 Å². The largest absolute Gasteiger partial charge is 0.442 e. The minimum atomic E-state index is -0.533. The van der Waals surface area contributed by atoms with Crippen LogP contribution in [0.15, 0.2) is 89.1 Å². The Balaban J connectivity index is 0.000000180. The standard InChI is InChI=1S/C21H19FN6O4.C12H10BrFN4O2/c22-18-7-14(28-11-16(31-21(28)30)10-27-6-5-24-26-27)2-3-17(18)13-1-4-19(23-9-13)20-8-15(12-29)32-25-20;13-10-2-1-8(5-11(10)14)18-7-9(20-12(18)19)6-17-4-3-15-16-17/h1-7,9,15-16,29H,8,10-12H2;1-5,9H,6-7H2/t15-,16-;9-/m00/s1. The van der Waals surface area contributed by atoms with Crippen LogP contribution < -0.4 is 9.80 Å². The lowest BCUT2D eigenvalue weighted by Gasteiger charge is -2.14. The van der Waals surface area contributed by atoms with Gasteiger partial charge in [-0.25, -0.2) is 27.7 Å². The lowest BCUT2D eigenvalue weighted by atomic mass is 10.0. The van der Waals surface area contributed by atoms with Crippen molar-refractivity contribution in [2.45, 2.75) is 37.8 Å². The summed E-state index contributed by atoms with van der Waals surface area (Å²) >= 11 is 3.08. The first-order valence-electron chi connectivity index (χ1n) is 15.9. The van der Waals surface area contributed by atoms with Crippen LogP contribution in [-0.4, -0.2) is 96.0 Å². The van der Waals surface area contributed by atoms with Crippen LogP contribution in [0.25, 0.3) is 11.1 Å². The van der Waals surface area contributed by atoms with Crippen LogP contribution in [0.4, 0.5) is 29.7 Å². The molecule has 0 radical (unpaired) electrons. The van der Waals surface area contributed by atoms with Crippen molar-refractivity contribution in [3.05, 3.63) is 101 Å². The van der Waals surface area contributed by atoms with Crippen molar-refractivity contribution in [1.82, 2.24) is 35.0 Å². The third-order valence-electron chi connectivity index (χ3n) is 8.26. The Morgan fingerprint density at radius 2 is 1.42 bits per heavy atom. The van der Waals surface area contributed by atoms with Gasteiger partial charge >= 0.3 is 12.2 Å². The monoisotopic (exact) mass is 778 g/mol. The van der Waals surface area contributed by atoms with Crippen molar-refractivity contribution >= 4 is 45.2 Å². The van der Waals surface area contributed by atoms with Crippen LogP contribution >= 0.6 is 15.9 Å². The van der Waals surface area contributed by atoms with Crippen molar-refractivity contribution in [3.8, 4) is 11.1 Å². The number of rotatable bonds is 9. The number of amides is 2. The van der Waals surface area contributed by atoms with Crippen LogP contribution in [0.3, 0.4) is 0 Å². The Bertz CT molecular complexity index is 2070. The first-order valence-corrected chi connectivity index (χ1v) is 16.7. The summed E-state index contributed by atoms with van der Waals surface area (Å²) in [6.07, 6.45) is 6.37. The summed E-state index contributed by atoms with van der Waals surface area (Å²) in [5, 5.41) is 28.2. The van der Waals surface area contributed by atoms with Gasteiger partial charge in [0.05, 0.1) is 66.7 Å². The SMILES string of the molecule is O=C1O[C@@H](Cn2ccnn2)CN1c1ccc(-c2ccc(C3=NO[C@H](CO)C3)nc2)c(F)c1.O=C1O[C@@H](Cn2ccnn2)CN1c1ccc(Br)c(F)c1. The van der Waals surface area contributed by atoms with Gasteiger partial charge in [-0.3, -0.25) is 14.8 Å². The van der Waals surface area contributed by atoms with E-state index in [2.05, 4.69) is 46.7 Å². The number of halogens is 3. The highest BCUT2D eigenvalue weighted by Gasteiger charge is 2.34. The molecule has 0 aliphatic carbocycles. The number of carbonyl (C=O) groups is 2. The van der Waals surface area contributed by atoms with Gasteiger partial charge in [0.15, 0.2) is 6.10 Å². The maximum atomic E-state index is 14.9. The zero-order valence-corrected chi connectivity index (χ0v) is 28.7. The Morgan fingerprint density at radius 3 is 1.92 bits per heavy atom. The minimum Gasteiger partial charge on any atom is -0.442 e. The molecule has 52 heavy (non-hydrogen) atoms. The van der Waals surface area contributed by atoms with E-state index < -0.39 is 29.9 Å². The highest BCUT2D eigenvalue weighted by Crippen LogP contribution is 2.30. The smallest absolute Gasteiger partial charge is 0.414 e. The molecule has 1 N–H and O–H groups in total. The Kier molecular flexibility index (Phi) is 10.1. The second-order valence-corrected chi connectivity index (χ2v) is 12.7. The first-order chi connectivity index (χ1) is 25.2. The van der Waals surface area contributed by atoms with Crippen molar-refractivity contribution in [1.29, 1.82) is 0 Å². The average Bonchev–Trinajstić information content (AvgIpc) is 4.00. The molecular formula is C33H29BrF2N10O6. The normalized spacial score (nSPS) is 19.5. The molecule has 19 heteroatoms. The number of cyclic esters (lactones) is 2. The van der Waals surface area contributed by atoms with Gasteiger partial charge in [-0.15, -0.1) is 10.2 Å². The lowest BCUT2D eigenvalue weighted by molar-refractivity contribution is 0.0390. The van der Waals surface area contributed by atoms with E-state index in [0.717, 1.165) is 0 Å². The number of pyridine rings is 1. The number of hydrogen-bond acceptors (Lipinski definition) is 12. The van der Waals surface area contributed by atoms with Crippen LogP contribution in [0.1, 0.15) is 12.1 Å². The predicted octanol–water partition coefficient (Wildman–Crippen LogP) is 4.20. The van der Waals surface area contributed by atoms with Gasteiger partial charge in [-0.05, 0) is 58.4 Å². The second kappa shape index (κ2) is 15.2. The molecule has 2 aromatic carbocycles. The van der Waals surface area contributed by atoms with Gasteiger partial charge in [-0.2, -0.15) is 0 Å². The van der Waals surface area contributed by atoms with Crippen LogP contribution in [0.5, 0.6) is 0 Å². The molecule has 8 rings (SSSR count). The molecule has 16 nitrogen and oxygen atoms in total. The van der Waals surface area contributed by atoms with Gasteiger partial charge < -0.3 is 19.4 Å². The summed E-state index contributed by atoms with van der Waals surface area (Å²) in [7, 11) is 0. The maximum Gasteiger partial charge on any atom is 0.414 e. The highest BCUT2D eigenvalue weighted by molar-refractivity contribution is 9.10. The molecule has 2 fully saturated rings. The fraction of sp³-hybridized carbons (Fsp3) is 0.273. The summed E-state index contributed by atoms with van der Waals surface area (Å²) in [6.45, 7) is 1.30. The van der Waals surface area contributed by atoms with Crippen molar-refractivity contribution in [3.63, 3.8) is 0 Å². The van der Waals surface area contributed by atoms with E-state index in [9.17, 15) is 18.4 Å². The van der Waals surface area contributed by atoms with Crippen LogP contribution in [0, 0.1) is 11.6 Å². The van der Waals surface area contributed by atoms with E-state index >= 15 is 0 Å². The molecule has 6 heterocycles. The first kappa shape index (κ1) is 34.6. The molecular weight excluding hydrogens is 750 g/mol. The van der Waals surface area contributed by atoms with Gasteiger partial charge in [-0.1, -0.05) is 21.6 Å². The maximum absolute atomic E-state index is 14.9. The molecule has 2 saturated heterocycles. The second-order valence-electron chi connectivity index (χ2n) is 11.8. The Labute approximate surface area is 302 Å². The fourth-order valence-corrected chi connectivity index (χ4v) is 5.94. The molecule has 3 atom stereocenters. The van der Waals surface area contributed by atoms with E-state index in [0.29, 0.717) is 64.4 Å². The Hall–Kier alpha value is -5.82. The van der Waals surface area contributed by atoms with E-state index in [1.54, 1.807) is 76.7 Å². The number of carbonyl (C=O) groups excluding carboxylic acids is 2. The lowest BCUT2D eigenvalue weighted by Crippen LogP contribution is -2.26. The number of aromatic nitrogens is 7. The summed E-state index contributed by atoms with van der Waals surface area (Å²) < 4.78 is 42.5. The van der Waals surface area contributed by atoms with E-state index in [-0.39, 0.29) is 25.4 Å². The van der Waals surface area contributed by atoms with Crippen molar-refractivity contribution < 1.29 is 37.8 Å². The molecule has 0 bridgehead atoms. The number of nitrogens with zero attached hydrogens (tertiary/aromatic N) is 10. The third kappa shape index (κ3) is 7.74. The summed E-state index contributed by atoms with van der Waals surface area (Å²) in [6, 6.07) is 12.6. The number of benzene rings is 2. The molecule has 3 aliphatic heterocycles. The summed E-state index contributed by atoms with van der Waals surface area (Å²) in [5.41, 5.74) is 3.08. The number of aliphatic hydroxyl groups is 1. The number of ether oxygens (including phenoxy) is 2. The Morgan fingerprint density at radius 1 is 0.808 bits per heavy atom. The topological polar surface area (TPSA) is 175 Å². The van der Waals surface area contributed by atoms with Gasteiger partial charge in [0.25, 0.3) is 0 Å². The zero-order chi connectivity index (χ0) is 36.2. The molecule has 5 aromatic rings. The highest BCUT2D eigenvalue weighted by atomic mass is 79.9. The summed E-state index contributed by atoms with van der Waals surface area (Å²) in [4.78, 5) is 36.4. The number of anilines is 2. The summed E-state index contributed by atoms with van der Waals surface area (Å²) in [5.74, 6) is -0.901. The van der Waals surface area contributed by atoms with Gasteiger partial charge in [0, 0.05) is 36.1 Å². The van der Waals surface area contributed by atoms with E-state index in [1.807, 2.05) is 0 Å². The quantitative estimate of drug-likeness (QED) is 0.227. The molecule has 0 unspecified atom stereocenters. The van der Waals surface area contributed by atoms with Crippen LogP contribution in [-0.2, 0) is 27.4 Å². The van der Waals surface area contributed by atoms with Crippen LogP contribution in [0.2, 0.25) is 0 Å². The molecule has 0 saturated carbocycles. The van der Waals surface area contributed by atoms with E-state index in [4.69, 9.17) is 19.4 Å². The minimum absolute atomic E-state index is 0.117. The molecule has 3 aliphatic rings. The van der Waals surface area contributed by atoms with Gasteiger partial charge in [0.2, 0.25) is 0 Å². The number of hydrogen-bond donors (Lipinski definition) is 1. The molecule has 268 valence electrons. The fourth-order valence-electron chi connectivity index (χ4n) is 5.69. The third-order valence-corrected chi connectivity index (χ3v) is 8.90. The molecule has 0 spiro atoms. The average molecular weight is 780 g/mol. The number of aliphatic hydroxyl groups excluding tert-OH is 1. The van der Waals surface area contributed by atoms with Crippen molar-refractivity contribution in [2.24, 2.45) is 5.16 Å². The van der Waals surface area contributed by atoms with Gasteiger partial charge in [0.1, 0.15) is 29.6 Å². The molecule has 2 amide bonds. The molecule has 3 aromatic heterocycles.